The molecular weight excluding hydrogens is 807 g/mol. The Morgan fingerprint density at radius 3 is 2.22 bits per heavy atom. The van der Waals surface area contributed by atoms with Crippen molar-refractivity contribution in [2.75, 3.05) is 0 Å². The summed E-state index contributed by atoms with van der Waals surface area (Å²) in [6, 6.07) is 47.6. The molecule has 0 fully saturated rings. The van der Waals surface area contributed by atoms with Crippen molar-refractivity contribution in [3.05, 3.63) is 145 Å². The molecule has 0 atom stereocenters. The Bertz CT molecular complexity index is 2380. The molecule has 0 aliphatic rings. The van der Waals surface area contributed by atoms with Crippen LogP contribution in [0, 0.1) is 17.5 Å². The van der Waals surface area contributed by atoms with Crippen LogP contribution in [-0.2, 0) is 26.5 Å². The van der Waals surface area contributed by atoms with Crippen LogP contribution in [0.5, 0.6) is 0 Å². The summed E-state index contributed by atoms with van der Waals surface area (Å²) in [5, 5.41) is 3.67. The second-order valence-corrected chi connectivity index (χ2v) is 19.8. The van der Waals surface area contributed by atoms with Crippen LogP contribution in [0.15, 0.2) is 132 Å². The molecule has 5 aromatic carbocycles. The first-order chi connectivity index (χ1) is 23.6. The standard InChI is InChI=1S/C25H15N2O.C19H26NSi.Ir/c1-2-9-17(10-3-1)27-22-15-6-5-14-21(22)26-25(27)20-13-8-12-19-18-11-4-7-16-23(18)28-24(19)20;1-19(2,3)13-16-12-17(15-10-8-7-9-11-15)20-14-18(16)21(4,5)6;/h1-12,14-16H;7-10,12,14H,13H2,1-6H3;/q2*-1;. The van der Waals surface area contributed by atoms with Gasteiger partial charge in [0.25, 0.3) is 0 Å². The second kappa shape index (κ2) is 14.3. The minimum atomic E-state index is -1.37. The molecule has 0 saturated carbocycles. The molecule has 0 spiro atoms. The Kier molecular flexibility index (Phi) is 10.1. The summed E-state index contributed by atoms with van der Waals surface area (Å²) in [5.74, 6) is 0.831. The van der Waals surface area contributed by atoms with Crippen LogP contribution in [0.1, 0.15) is 26.3 Å². The van der Waals surface area contributed by atoms with E-state index < -0.39 is 8.07 Å². The number of fused-ring (bicyclic) bond motifs is 4. The normalized spacial score (nSPS) is 11.7. The molecule has 4 nitrogen and oxygen atoms in total. The average molecular weight is 848 g/mol. The van der Waals surface area contributed by atoms with Crippen LogP contribution in [-0.4, -0.2) is 22.6 Å². The van der Waals surface area contributed by atoms with E-state index in [1.165, 1.54) is 10.8 Å². The SMILES string of the molecule is CC(C)(C)Cc1cc(-c2[c-]cccc2)ncc1[Si](C)(C)C.[Ir].[c-]1ccc2c(oc3ccccc32)c1-c1nc2ccccc2n1-c1ccccc1. The summed E-state index contributed by atoms with van der Waals surface area (Å²) in [6.45, 7) is 14.1. The smallest absolute Gasteiger partial charge is 0.120 e. The largest absolute Gasteiger partial charge is 0.501 e. The fourth-order valence-corrected chi connectivity index (χ4v) is 8.05. The quantitative estimate of drug-likeness (QED) is 0.128. The van der Waals surface area contributed by atoms with E-state index in [9.17, 15) is 0 Å². The van der Waals surface area contributed by atoms with Crippen molar-refractivity contribution in [2.45, 2.75) is 46.8 Å². The van der Waals surface area contributed by atoms with E-state index in [0.29, 0.717) is 0 Å². The number of rotatable bonds is 5. The first-order valence-electron chi connectivity index (χ1n) is 16.9. The Morgan fingerprint density at radius 2 is 1.48 bits per heavy atom. The van der Waals surface area contributed by atoms with Gasteiger partial charge in [-0.15, -0.1) is 54.1 Å². The number of para-hydroxylation sites is 4. The molecule has 3 aromatic heterocycles. The van der Waals surface area contributed by atoms with Crippen molar-refractivity contribution in [3.8, 4) is 28.3 Å². The van der Waals surface area contributed by atoms with E-state index in [-0.39, 0.29) is 25.5 Å². The summed E-state index contributed by atoms with van der Waals surface area (Å²) in [4.78, 5) is 9.66. The van der Waals surface area contributed by atoms with Crippen molar-refractivity contribution in [1.29, 1.82) is 0 Å². The van der Waals surface area contributed by atoms with E-state index in [1.807, 2.05) is 78.9 Å². The maximum absolute atomic E-state index is 6.24. The van der Waals surface area contributed by atoms with Crippen LogP contribution >= 0.6 is 0 Å². The molecule has 0 N–H and O–H groups in total. The molecule has 0 unspecified atom stereocenters. The van der Waals surface area contributed by atoms with E-state index in [1.54, 1.807) is 0 Å². The minimum absolute atomic E-state index is 0. The second-order valence-electron chi connectivity index (χ2n) is 14.8. The van der Waals surface area contributed by atoms with E-state index in [4.69, 9.17) is 14.4 Å². The van der Waals surface area contributed by atoms with Crippen LogP contribution in [0.4, 0.5) is 0 Å². The predicted octanol–water partition coefficient (Wildman–Crippen LogP) is 11.1. The summed E-state index contributed by atoms with van der Waals surface area (Å²) in [5.41, 5.74) is 9.50. The van der Waals surface area contributed by atoms with Crippen molar-refractivity contribution in [1.82, 2.24) is 14.5 Å². The van der Waals surface area contributed by atoms with Crippen molar-refractivity contribution in [3.63, 3.8) is 0 Å². The number of hydrogen-bond acceptors (Lipinski definition) is 3. The number of aromatic nitrogens is 3. The fraction of sp³-hybridized carbons (Fsp3) is 0.182. The maximum atomic E-state index is 6.24. The van der Waals surface area contributed by atoms with Gasteiger partial charge in [-0.3, -0.25) is 4.98 Å². The van der Waals surface area contributed by atoms with Crippen molar-refractivity contribution >= 4 is 46.2 Å². The van der Waals surface area contributed by atoms with E-state index >= 15 is 0 Å². The van der Waals surface area contributed by atoms with Crippen molar-refractivity contribution in [2.24, 2.45) is 5.41 Å². The number of hydrogen-bond donors (Lipinski definition) is 0. The zero-order valence-electron chi connectivity index (χ0n) is 29.4. The molecule has 8 rings (SSSR count). The molecule has 0 aliphatic carbocycles. The number of furan rings is 1. The Balaban J connectivity index is 0.000000177. The monoisotopic (exact) mass is 848 g/mol. The van der Waals surface area contributed by atoms with Crippen LogP contribution in [0.3, 0.4) is 0 Å². The molecule has 253 valence electrons. The Hall–Kier alpha value is -4.61. The number of imidazole rings is 1. The Labute approximate surface area is 309 Å². The molecule has 0 saturated heterocycles. The first kappa shape index (κ1) is 35.2. The van der Waals surface area contributed by atoms with Gasteiger partial charge >= 0.3 is 0 Å². The topological polar surface area (TPSA) is 43.9 Å². The van der Waals surface area contributed by atoms with Gasteiger partial charge in [-0.1, -0.05) is 112 Å². The first-order valence-corrected chi connectivity index (χ1v) is 20.4. The minimum Gasteiger partial charge on any atom is -0.501 e. The molecule has 6 heteroatoms. The summed E-state index contributed by atoms with van der Waals surface area (Å²) in [7, 11) is -1.37. The molecular formula is C44H41IrN3OSi-2. The fourth-order valence-electron chi connectivity index (χ4n) is 6.48. The zero-order valence-corrected chi connectivity index (χ0v) is 32.8. The molecule has 50 heavy (non-hydrogen) atoms. The van der Waals surface area contributed by atoms with Gasteiger partial charge in [0, 0.05) is 37.4 Å². The van der Waals surface area contributed by atoms with Gasteiger partial charge in [0.1, 0.15) is 5.58 Å². The molecule has 0 aliphatic heterocycles. The predicted molar refractivity (Wildman–Crippen MR) is 207 cm³/mol. The van der Waals surface area contributed by atoms with Crippen molar-refractivity contribution < 1.29 is 24.5 Å². The van der Waals surface area contributed by atoms with Gasteiger partial charge in [-0.2, -0.15) is 0 Å². The van der Waals surface area contributed by atoms with Gasteiger partial charge in [-0.05, 0) is 53.0 Å². The van der Waals surface area contributed by atoms with Gasteiger partial charge in [0.05, 0.1) is 30.5 Å². The summed E-state index contributed by atoms with van der Waals surface area (Å²) in [6.07, 6.45) is 3.21. The molecule has 0 bridgehead atoms. The maximum Gasteiger partial charge on any atom is 0.120 e. The van der Waals surface area contributed by atoms with Crippen LogP contribution < -0.4 is 5.19 Å². The number of benzene rings is 5. The van der Waals surface area contributed by atoms with Gasteiger partial charge in [0.2, 0.25) is 0 Å². The van der Waals surface area contributed by atoms with Gasteiger partial charge in [0.15, 0.2) is 0 Å². The third-order valence-corrected chi connectivity index (χ3v) is 10.7. The van der Waals surface area contributed by atoms with Crippen LogP contribution in [0.2, 0.25) is 19.6 Å². The van der Waals surface area contributed by atoms with E-state index in [0.717, 1.165) is 67.7 Å². The van der Waals surface area contributed by atoms with Gasteiger partial charge in [-0.25, -0.2) is 0 Å². The summed E-state index contributed by atoms with van der Waals surface area (Å²) >= 11 is 0. The average Bonchev–Trinajstić information content (AvgIpc) is 3.67. The third-order valence-electron chi connectivity index (χ3n) is 8.64. The summed E-state index contributed by atoms with van der Waals surface area (Å²) < 4.78 is 8.41. The molecule has 3 heterocycles. The zero-order chi connectivity index (χ0) is 34.2. The third kappa shape index (κ3) is 7.29. The Morgan fingerprint density at radius 1 is 0.760 bits per heavy atom. The van der Waals surface area contributed by atoms with E-state index in [2.05, 4.69) is 106 Å². The van der Waals surface area contributed by atoms with Crippen LogP contribution in [0.25, 0.3) is 61.3 Å². The molecule has 1 radical (unpaired) electrons. The molecule has 8 aromatic rings. The molecule has 0 amide bonds. The number of pyridine rings is 1. The number of nitrogens with zero attached hydrogens (tertiary/aromatic N) is 3. The van der Waals surface area contributed by atoms with Gasteiger partial charge < -0.3 is 14.0 Å².